The van der Waals surface area contributed by atoms with Gasteiger partial charge in [-0.25, -0.2) is 4.98 Å². The highest BCUT2D eigenvalue weighted by molar-refractivity contribution is 5.97. The van der Waals surface area contributed by atoms with Crippen molar-refractivity contribution < 1.29 is 4.79 Å². The number of nitrogens with two attached hydrogens (primary N) is 2. The number of anilines is 2. The zero-order valence-electron chi connectivity index (χ0n) is 9.31. The first-order valence-corrected chi connectivity index (χ1v) is 5.35. The molecule has 5 heteroatoms. The predicted molar refractivity (Wildman–Crippen MR) is 62.9 cm³/mol. The summed E-state index contributed by atoms with van der Waals surface area (Å²) in [4.78, 5) is 17.7. The Bertz CT molecular complexity index is 418. The second-order valence-electron chi connectivity index (χ2n) is 4.18. The number of aromatic nitrogens is 1. The van der Waals surface area contributed by atoms with E-state index in [1.165, 1.54) is 0 Å². The van der Waals surface area contributed by atoms with Crippen LogP contribution in [0.1, 0.15) is 12.1 Å². The Labute approximate surface area is 94.4 Å². The lowest BCUT2D eigenvalue weighted by molar-refractivity contribution is -0.117. The van der Waals surface area contributed by atoms with Crippen molar-refractivity contribution in [2.75, 3.05) is 23.7 Å². The molecule has 4 N–H and O–H groups in total. The average molecular weight is 220 g/mol. The molecule has 1 aliphatic rings. The first-order valence-electron chi connectivity index (χ1n) is 5.35. The normalized spacial score (nSPS) is 20.5. The van der Waals surface area contributed by atoms with Gasteiger partial charge in [-0.1, -0.05) is 0 Å². The van der Waals surface area contributed by atoms with Gasteiger partial charge in [0.15, 0.2) is 5.82 Å². The monoisotopic (exact) mass is 220 g/mol. The van der Waals surface area contributed by atoms with E-state index in [0.29, 0.717) is 31.0 Å². The lowest BCUT2D eigenvalue weighted by Gasteiger charge is -2.17. The van der Waals surface area contributed by atoms with Crippen LogP contribution in [0.25, 0.3) is 0 Å². The molecule has 1 atom stereocenters. The minimum Gasteiger partial charge on any atom is -0.396 e. The van der Waals surface area contributed by atoms with Crippen molar-refractivity contribution in [1.82, 2.24) is 4.98 Å². The fourth-order valence-corrected chi connectivity index (χ4v) is 1.91. The maximum absolute atomic E-state index is 11.8. The molecule has 86 valence electrons. The summed E-state index contributed by atoms with van der Waals surface area (Å²) in [5.41, 5.74) is 12.8. The van der Waals surface area contributed by atoms with E-state index in [0.717, 1.165) is 5.69 Å². The number of carbonyl (C=O) groups excluding carboxylic acids is 1. The van der Waals surface area contributed by atoms with Crippen molar-refractivity contribution >= 4 is 17.4 Å². The van der Waals surface area contributed by atoms with E-state index in [1.807, 2.05) is 13.0 Å². The quantitative estimate of drug-likeness (QED) is 0.749. The van der Waals surface area contributed by atoms with Crippen LogP contribution in [0, 0.1) is 12.8 Å². The second kappa shape index (κ2) is 4.09. The Hall–Kier alpha value is -1.62. The molecule has 0 aromatic carbocycles. The molecule has 5 nitrogen and oxygen atoms in total. The van der Waals surface area contributed by atoms with E-state index in [9.17, 15) is 4.79 Å². The largest absolute Gasteiger partial charge is 0.396 e. The number of amides is 1. The molecule has 0 radical (unpaired) electrons. The Balaban J connectivity index is 2.30. The molecule has 0 aliphatic carbocycles. The van der Waals surface area contributed by atoms with E-state index in [-0.39, 0.29) is 11.8 Å². The molecule has 2 rings (SSSR count). The molecular formula is C11H16N4O. The van der Waals surface area contributed by atoms with Crippen LogP contribution in [-0.4, -0.2) is 24.0 Å². The van der Waals surface area contributed by atoms with Crippen molar-refractivity contribution in [3.05, 3.63) is 17.8 Å². The predicted octanol–water partition coefficient (Wildman–Crippen LogP) is 0.284. The Morgan fingerprint density at radius 2 is 2.31 bits per heavy atom. The number of hydrogen-bond acceptors (Lipinski definition) is 4. The lowest BCUT2D eigenvalue weighted by atomic mass is 10.1. The molecule has 1 aromatic rings. The van der Waals surface area contributed by atoms with Gasteiger partial charge in [-0.15, -0.1) is 0 Å². The van der Waals surface area contributed by atoms with E-state index in [4.69, 9.17) is 11.5 Å². The summed E-state index contributed by atoms with van der Waals surface area (Å²) in [6.07, 6.45) is 0.492. The lowest BCUT2D eigenvalue weighted by Crippen LogP contribution is -2.27. The summed E-state index contributed by atoms with van der Waals surface area (Å²) in [6.45, 7) is 3.02. The summed E-state index contributed by atoms with van der Waals surface area (Å²) in [5.74, 6) is 0.843. The standard InChI is InChI=1S/C11H16N4O/c1-7-2-3-9(13)11(14-7)15-6-8(5-12)4-10(15)16/h2-3,8H,4-6,12-13H2,1H3. The van der Waals surface area contributed by atoms with Crippen LogP contribution < -0.4 is 16.4 Å². The second-order valence-corrected chi connectivity index (χ2v) is 4.18. The van der Waals surface area contributed by atoms with Crippen molar-refractivity contribution in [2.24, 2.45) is 11.7 Å². The molecular weight excluding hydrogens is 204 g/mol. The number of nitrogen functional groups attached to an aromatic ring is 1. The van der Waals surface area contributed by atoms with Crippen LogP contribution >= 0.6 is 0 Å². The maximum Gasteiger partial charge on any atom is 0.228 e. The first-order chi connectivity index (χ1) is 7.61. The Kier molecular flexibility index (Phi) is 2.78. The zero-order chi connectivity index (χ0) is 11.7. The van der Waals surface area contributed by atoms with Crippen LogP contribution in [0.3, 0.4) is 0 Å². The van der Waals surface area contributed by atoms with Gasteiger partial charge >= 0.3 is 0 Å². The number of hydrogen-bond donors (Lipinski definition) is 2. The van der Waals surface area contributed by atoms with Gasteiger partial charge in [-0.3, -0.25) is 9.69 Å². The summed E-state index contributed by atoms with van der Waals surface area (Å²) in [5, 5.41) is 0. The SMILES string of the molecule is Cc1ccc(N)c(N2CC(CN)CC2=O)n1. The molecule has 1 aliphatic heterocycles. The Morgan fingerprint density at radius 3 is 2.94 bits per heavy atom. The molecule has 1 amide bonds. The highest BCUT2D eigenvalue weighted by Gasteiger charge is 2.31. The fourth-order valence-electron chi connectivity index (χ4n) is 1.91. The van der Waals surface area contributed by atoms with E-state index in [2.05, 4.69) is 4.98 Å². The molecule has 1 aromatic heterocycles. The molecule has 1 fully saturated rings. The van der Waals surface area contributed by atoms with Gasteiger partial charge in [0.05, 0.1) is 5.69 Å². The minimum absolute atomic E-state index is 0.0558. The number of nitrogens with zero attached hydrogens (tertiary/aromatic N) is 2. The summed E-state index contributed by atoms with van der Waals surface area (Å²) in [6, 6.07) is 3.61. The number of pyridine rings is 1. The third kappa shape index (κ3) is 1.86. The smallest absolute Gasteiger partial charge is 0.228 e. The van der Waals surface area contributed by atoms with Crippen LogP contribution in [-0.2, 0) is 4.79 Å². The van der Waals surface area contributed by atoms with Crippen molar-refractivity contribution in [3.63, 3.8) is 0 Å². The third-order valence-corrected chi connectivity index (χ3v) is 2.84. The molecule has 0 bridgehead atoms. The van der Waals surface area contributed by atoms with Gasteiger partial charge in [-0.2, -0.15) is 0 Å². The maximum atomic E-state index is 11.8. The average Bonchev–Trinajstić information content (AvgIpc) is 2.63. The highest BCUT2D eigenvalue weighted by Crippen LogP contribution is 2.27. The molecule has 1 unspecified atom stereocenters. The van der Waals surface area contributed by atoms with Crippen molar-refractivity contribution in [2.45, 2.75) is 13.3 Å². The molecule has 0 spiro atoms. The highest BCUT2D eigenvalue weighted by atomic mass is 16.2. The summed E-state index contributed by atoms with van der Waals surface area (Å²) >= 11 is 0. The van der Waals surface area contributed by atoms with Gasteiger partial charge < -0.3 is 11.5 Å². The van der Waals surface area contributed by atoms with E-state index in [1.54, 1.807) is 11.0 Å². The van der Waals surface area contributed by atoms with Crippen LogP contribution in [0.4, 0.5) is 11.5 Å². The molecule has 2 heterocycles. The number of carbonyl (C=O) groups is 1. The summed E-state index contributed by atoms with van der Waals surface area (Å²) < 4.78 is 0. The van der Waals surface area contributed by atoms with Gasteiger partial charge in [0, 0.05) is 18.7 Å². The van der Waals surface area contributed by atoms with Crippen molar-refractivity contribution in [1.29, 1.82) is 0 Å². The molecule has 1 saturated heterocycles. The first kappa shape index (κ1) is 10.9. The third-order valence-electron chi connectivity index (χ3n) is 2.84. The number of rotatable bonds is 2. The van der Waals surface area contributed by atoms with Crippen LogP contribution in [0.2, 0.25) is 0 Å². The topological polar surface area (TPSA) is 85.2 Å². The Morgan fingerprint density at radius 1 is 1.56 bits per heavy atom. The minimum atomic E-state index is 0.0558. The number of aryl methyl sites for hydroxylation is 1. The van der Waals surface area contributed by atoms with Gasteiger partial charge in [0.1, 0.15) is 0 Å². The zero-order valence-corrected chi connectivity index (χ0v) is 9.31. The van der Waals surface area contributed by atoms with Gasteiger partial charge in [0.25, 0.3) is 0 Å². The van der Waals surface area contributed by atoms with E-state index >= 15 is 0 Å². The van der Waals surface area contributed by atoms with E-state index < -0.39 is 0 Å². The molecule has 16 heavy (non-hydrogen) atoms. The fraction of sp³-hybridized carbons (Fsp3) is 0.455. The van der Waals surface area contributed by atoms with Crippen LogP contribution in [0.15, 0.2) is 12.1 Å². The molecule has 0 saturated carbocycles. The van der Waals surface area contributed by atoms with Gasteiger partial charge in [-0.05, 0) is 31.5 Å². The summed E-state index contributed by atoms with van der Waals surface area (Å²) in [7, 11) is 0. The van der Waals surface area contributed by atoms with Crippen LogP contribution in [0.5, 0.6) is 0 Å². The van der Waals surface area contributed by atoms with Crippen molar-refractivity contribution in [3.8, 4) is 0 Å². The van der Waals surface area contributed by atoms with Gasteiger partial charge in [0.2, 0.25) is 5.91 Å².